The molecule has 1 aromatic heterocycles. The van der Waals surface area contributed by atoms with Crippen molar-refractivity contribution in [1.82, 2.24) is 14.8 Å². The van der Waals surface area contributed by atoms with Crippen molar-refractivity contribution in [1.29, 1.82) is 0 Å². The third kappa shape index (κ3) is 3.13. The summed E-state index contributed by atoms with van der Waals surface area (Å²) in [6.45, 7) is 3.84. The maximum Gasteiger partial charge on any atom is 0.123 e. The monoisotopic (exact) mass is 339 g/mol. The van der Waals surface area contributed by atoms with E-state index in [9.17, 15) is 9.50 Å². The van der Waals surface area contributed by atoms with Gasteiger partial charge in [-0.3, -0.25) is 4.90 Å². The highest BCUT2D eigenvalue weighted by molar-refractivity contribution is 5.84. The molecule has 1 fully saturated rings. The topological polar surface area (TPSA) is 42.5 Å². The van der Waals surface area contributed by atoms with Crippen LogP contribution < -0.4 is 0 Å². The number of aromatic hydroxyl groups is 1. The number of fused-ring (bicyclic) bond motifs is 1. The van der Waals surface area contributed by atoms with E-state index in [-0.39, 0.29) is 17.6 Å². The number of nitrogens with zero attached hydrogens (tertiary/aromatic N) is 2. The van der Waals surface area contributed by atoms with Gasteiger partial charge in [0.15, 0.2) is 0 Å². The average molecular weight is 339 g/mol. The number of phenolic OH excluding ortho intramolecular Hbond substituents is 1. The molecule has 2 N–H and O–H groups in total. The number of piperazine rings is 1. The second kappa shape index (κ2) is 6.50. The van der Waals surface area contributed by atoms with Crippen LogP contribution in [0.5, 0.6) is 5.75 Å². The predicted octanol–water partition coefficient (Wildman–Crippen LogP) is 3.35. The third-order valence-corrected chi connectivity index (χ3v) is 5.06. The van der Waals surface area contributed by atoms with Gasteiger partial charge in [-0.15, -0.1) is 0 Å². The minimum atomic E-state index is -0.235. The molecule has 1 aliphatic rings. The van der Waals surface area contributed by atoms with Gasteiger partial charge in [-0.2, -0.15) is 0 Å². The Bertz CT molecular complexity index is 884. The number of rotatable bonds is 3. The lowest BCUT2D eigenvalue weighted by Crippen LogP contribution is -2.46. The van der Waals surface area contributed by atoms with Gasteiger partial charge in [-0.05, 0) is 48.5 Å². The second-order valence-corrected chi connectivity index (χ2v) is 6.77. The number of nitrogens with one attached hydrogen (secondary N) is 1. The Morgan fingerprint density at radius 1 is 1.08 bits per heavy atom. The molecule has 0 aliphatic carbocycles. The molecule has 0 amide bonds. The molecule has 3 aromatic rings. The lowest BCUT2D eigenvalue weighted by Gasteiger charge is -2.38. The Balaban J connectivity index is 1.83. The van der Waals surface area contributed by atoms with E-state index in [0.717, 1.165) is 48.2 Å². The smallest absolute Gasteiger partial charge is 0.123 e. The summed E-state index contributed by atoms with van der Waals surface area (Å²) in [6.07, 6.45) is 1.97. The summed E-state index contributed by atoms with van der Waals surface area (Å²) in [4.78, 5) is 7.98. The molecule has 1 unspecified atom stereocenters. The molecule has 4 rings (SSSR count). The first-order chi connectivity index (χ1) is 12.1. The van der Waals surface area contributed by atoms with Crippen LogP contribution in [0, 0.1) is 5.82 Å². The van der Waals surface area contributed by atoms with E-state index in [0.29, 0.717) is 0 Å². The molecule has 4 nitrogen and oxygen atoms in total. The summed E-state index contributed by atoms with van der Waals surface area (Å²) in [6, 6.07) is 12.2. The SMILES string of the molecule is CN1CCN(C(c2cccc(O)c2)c2c[nH]c3ccc(F)cc23)CC1. The van der Waals surface area contributed by atoms with Gasteiger partial charge in [0.2, 0.25) is 0 Å². The zero-order valence-corrected chi connectivity index (χ0v) is 14.2. The van der Waals surface area contributed by atoms with E-state index >= 15 is 0 Å². The van der Waals surface area contributed by atoms with Crippen LogP contribution >= 0.6 is 0 Å². The van der Waals surface area contributed by atoms with E-state index in [1.807, 2.05) is 18.3 Å². The summed E-state index contributed by atoms with van der Waals surface area (Å²) < 4.78 is 13.8. The fourth-order valence-corrected chi connectivity index (χ4v) is 3.70. The van der Waals surface area contributed by atoms with Crippen molar-refractivity contribution in [3.63, 3.8) is 0 Å². The molecular formula is C20H22FN3O. The maximum atomic E-state index is 13.8. The van der Waals surface area contributed by atoms with E-state index in [1.54, 1.807) is 24.3 Å². The first kappa shape index (κ1) is 16.1. The number of likely N-dealkylation sites (N-methyl/N-ethyl adjacent to an activating group) is 1. The fourth-order valence-electron chi connectivity index (χ4n) is 3.70. The number of phenols is 1. The average Bonchev–Trinajstić information content (AvgIpc) is 3.00. The van der Waals surface area contributed by atoms with Crippen LogP contribution in [0.4, 0.5) is 4.39 Å². The molecule has 1 saturated heterocycles. The highest BCUT2D eigenvalue weighted by Crippen LogP contribution is 2.35. The Kier molecular flexibility index (Phi) is 4.19. The second-order valence-electron chi connectivity index (χ2n) is 6.77. The number of halogens is 1. The quantitative estimate of drug-likeness (QED) is 0.769. The lowest BCUT2D eigenvalue weighted by atomic mass is 9.95. The van der Waals surface area contributed by atoms with E-state index < -0.39 is 0 Å². The summed E-state index contributed by atoms with van der Waals surface area (Å²) in [5, 5.41) is 10.9. The van der Waals surface area contributed by atoms with Crippen molar-refractivity contribution < 1.29 is 9.50 Å². The first-order valence-electron chi connectivity index (χ1n) is 8.60. The van der Waals surface area contributed by atoms with Gasteiger partial charge in [0, 0.05) is 43.3 Å². The van der Waals surface area contributed by atoms with Crippen molar-refractivity contribution in [3.8, 4) is 5.75 Å². The molecule has 5 heteroatoms. The van der Waals surface area contributed by atoms with E-state index in [1.165, 1.54) is 6.07 Å². The van der Waals surface area contributed by atoms with Crippen LogP contribution in [0.2, 0.25) is 0 Å². The molecule has 1 atom stereocenters. The van der Waals surface area contributed by atoms with Gasteiger partial charge in [-0.25, -0.2) is 4.39 Å². The highest BCUT2D eigenvalue weighted by atomic mass is 19.1. The van der Waals surface area contributed by atoms with Gasteiger partial charge < -0.3 is 15.0 Å². The fraction of sp³-hybridized carbons (Fsp3) is 0.300. The lowest BCUT2D eigenvalue weighted by molar-refractivity contribution is 0.127. The molecule has 0 spiro atoms. The molecule has 1 aliphatic heterocycles. The van der Waals surface area contributed by atoms with Crippen LogP contribution in [0.15, 0.2) is 48.7 Å². The molecule has 25 heavy (non-hydrogen) atoms. The van der Waals surface area contributed by atoms with E-state index in [4.69, 9.17) is 0 Å². The minimum absolute atomic E-state index is 0.0173. The molecule has 130 valence electrons. The number of aromatic amines is 1. The Hall–Kier alpha value is -2.37. The van der Waals surface area contributed by atoms with Crippen LogP contribution in [0.3, 0.4) is 0 Å². The molecule has 2 heterocycles. The van der Waals surface area contributed by atoms with Crippen molar-refractivity contribution in [2.75, 3.05) is 33.2 Å². The van der Waals surface area contributed by atoms with Crippen molar-refractivity contribution in [2.24, 2.45) is 0 Å². The number of aromatic nitrogens is 1. The van der Waals surface area contributed by atoms with Crippen molar-refractivity contribution in [2.45, 2.75) is 6.04 Å². The minimum Gasteiger partial charge on any atom is -0.508 e. The predicted molar refractivity (Wildman–Crippen MR) is 97.3 cm³/mol. The Morgan fingerprint density at radius 2 is 1.88 bits per heavy atom. The zero-order chi connectivity index (χ0) is 17.4. The zero-order valence-electron chi connectivity index (χ0n) is 14.2. The van der Waals surface area contributed by atoms with Crippen molar-refractivity contribution in [3.05, 3.63) is 65.6 Å². The summed E-state index contributed by atoms with van der Waals surface area (Å²) >= 11 is 0. The third-order valence-electron chi connectivity index (χ3n) is 5.06. The Morgan fingerprint density at radius 3 is 2.64 bits per heavy atom. The number of H-pyrrole nitrogens is 1. The summed E-state index contributed by atoms with van der Waals surface area (Å²) in [5.74, 6) is 0.0176. The largest absolute Gasteiger partial charge is 0.508 e. The Labute approximate surface area is 146 Å². The van der Waals surface area contributed by atoms with Gasteiger partial charge in [-0.1, -0.05) is 12.1 Å². The summed E-state index contributed by atoms with van der Waals surface area (Å²) in [7, 11) is 2.13. The standard InChI is InChI=1S/C20H22FN3O/c1-23-7-9-24(10-8-23)20(14-3-2-4-16(25)11-14)18-13-22-19-6-5-15(21)12-17(18)19/h2-6,11-13,20,22,25H,7-10H2,1H3. The molecule has 0 saturated carbocycles. The maximum absolute atomic E-state index is 13.8. The molecule has 0 bridgehead atoms. The summed E-state index contributed by atoms with van der Waals surface area (Å²) in [5.41, 5.74) is 3.00. The van der Waals surface area contributed by atoms with Crippen LogP contribution in [0.1, 0.15) is 17.2 Å². The van der Waals surface area contributed by atoms with Gasteiger partial charge >= 0.3 is 0 Å². The normalized spacial score (nSPS) is 17.8. The van der Waals surface area contributed by atoms with Crippen LogP contribution in [-0.2, 0) is 0 Å². The van der Waals surface area contributed by atoms with Crippen molar-refractivity contribution >= 4 is 10.9 Å². The number of benzene rings is 2. The van der Waals surface area contributed by atoms with E-state index in [2.05, 4.69) is 21.8 Å². The van der Waals surface area contributed by atoms with Gasteiger partial charge in [0.05, 0.1) is 6.04 Å². The molecule has 0 radical (unpaired) electrons. The number of hydrogen-bond acceptors (Lipinski definition) is 3. The van der Waals surface area contributed by atoms with Crippen LogP contribution in [0.25, 0.3) is 10.9 Å². The highest BCUT2D eigenvalue weighted by Gasteiger charge is 2.27. The first-order valence-corrected chi connectivity index (χ1v) is 8.60. The van der Waals surface area contributed by atoms with Gasteiger partial charge in [0.25, 0.3) is 0 Å². The van der Waals surface area contributed by atoms with Crippen LogP contribution in [-0.4, -0.2) is 53.1 Å². The van der Waals surface area contributed by atoms with Gasteiger partial charge in [0.1, 0.15) is 11.6 Å². The number of hydrogen-bond donors (Lipinski definition) is 2. The molecular weight excluding hydrogens is 317 g/mol. The molecule has 2 aromatic carbocycles.